The Kier molecular flexibility index (Phi) is 23.2. The van der Waals surface area contributed by atoms with Gasteiger partial charge >= 0.3 is 11.9 Å². The molecule has 0 unspecified atom stereocenters. The lowest BCUT2D eigenvalue weighted by Gasteiger charge is -2.30. The minimum Gasteiger partial charge on any atom is -0.481 e. The molecule has 23 heteroatoms. The average Bonchev–Trinajstić information content (AvgIpc) is 3.11. The maximum Gasteiger partial charge on any atom is 0.327 e. The Balaban J connectivity index is 5.98. The maximum atomic E-state index is 13.5. The molecular weight excluding hydrogens is 787 g/mol. The quantitative estimate of drug-likeness (QED) is 0.0391. The van der Waals surface area contributed by atoms with E-state index in [2.05, 4.69) is 55.2 Å². The number of carboxylic acids is 2. The van der Waals surface area contributed by atoms with Crippen LogP contribution in [0.3, 0.4) is 0 Å². The van der Waals surface area contributed by atoms with Gasteiger partial charge in [0.25, 0.3) is 0 Å². The van der Waals surface area contributed by atoms with Crippen molar-refractivity contribution in [1.82, 2.24) is 42.5 Å². The number of aliphatic hydroxyl groups excluding tert-OH is 1. The largest absolute Gasteiger partial charge is 0.481 e. The number of carboxylic acid groups (broad SMARTS) is 2. The van der Waals surface area contributed by atoms with Gasteiger partial charge in [-0.1, -0.05) is 41.5 Å². The predicted molar refractivity (Wildman–Crippen MR) is 210 cm³/mol. The Labute approximate surface area is 342 Å². The first-order chi connectivity index (χ1) is 26.8. The lowest BCUT2D eigenvalue weighted by Crippen LogP contribution is -2.63. The van der Waals surface area contributed by atoms with Crippen molar-refractivity contribution in [2.45, 2.75) is 130 Å². The normalized spacial score (nSPS) is 15.8. The maximum absolute atomic E-state index is 13.5. The highest BCUT2D eigenvalue weighted by molar-refractivity contribution is 7.80. The summed E-state index contributed by atoms with van der Waals surface area (Å²) in [6, 6.07) is -11.2. The molecule has 58 heavy (non-hydrogen) atoms. The van der Waals surface area contributed by atoms with Crippen LogP contribution in [-0.2, 0) is 47.9 Å². The number of rotatable bonds is 25. The van der Waals surface area contributed by atoms with E-state index in [1.807, 2.05) is 0 Å². The molecule has 330 valence electrons. The molecule has 0 radical (unpaired) electrons. The van der Waals surface area contributed by atoms with Gasteiger partial charge in [0.15, 0.2) is 0 Å². The smallest absolute Gasteiger partial charge is 0.327 e. The minimum atomic E-state index is -1.83. The third-order valence-electron chi connectivity index (χ3n) is 8.41. The third kappa shape index (κ3) is 18.5. The number of hydrogen-bond donors (Lipinski definition) is 13. The van der Waals surface area contributed by atoms with E-state index in [0.29, 0.717) is 0 Å². The lowest BCUT2D eigenvalue weighted by atomic mass is 9.98. The lowest BCUT2D eigenvalue weighted by molar-refractivity contribution is -0.142. The first kappa shape index (κ1) is 53.0. The first-order valence-corrected chi connectivity index (χ1v) is 19.3. The molecule has 0 bridgehead atoms. The Bertz CT molecular complexity index is 1490. The van der Waals surface area contributed by atoms with Crippen molar-refractivity contribution < 1.29 is 63.3 Å². The SMILES string of the molecule is CC(C)C[C@H](NC(=O)CN)C(=O)N[C@@H](C)C(=O)N[C@@H](CC(=O)O)C(=O)N[C@H](C(=O)N[C@H](C(=O)N[C@H](C(=O)N[C@@H](C)C(=O)N[C@@H](CS)C(=O)O)C(C)C)C(C)C)[C@@H](C)O. The molecule has 0 aliphatic carbocycles. The van der Waals surface area contributed by atoms with Crippen LogP contribution in [0.4, 0.5) is 0 Å². The molecule has 13 N–H and O–H groups in total. The van der Waals surface area contributed by atoms with Crippen LogP contribution in [0.2, 0.25) is 0 Å². The third-order valence-corrected chi connectivity index (χ3v) is 8.78. The fraction of sp³-hybridized carbons (Fsp3) is 0.714. The molecule has 0 rings (SSSR count). The molecule has 0 saturated carbocycles. The van der Waals surface area contributed by atoms with E-state index in [-0.39, 0.29) is 18.1 Å². The summed E-state index contributed by atoms with van der Waals surface area (Å²) in [5.41, 5.74) is 5.33. The van der Waals surface area contributed by atoms with Crippen molar-refractivity contribution in [3.05, 3.63) is 0 Å². The highest BCUT2D eigenvalue weighted by Crippen LogP contribution is 2.10. The van der Waals surface area contributed by atoms with Gasteiger partial charge in [0.2, 0.25) is 47.3 Å². The fourth-order valence-electron chi connectivity index (χ4n) is 5.08. The number of carbonyl (C=O) groups excluding carboxylic acids is 8. The average molecular weight is 848 g/mol. The summed E-state index contributed by atoms with van der Waals surface area (Å²) in [6.45, 7) is 13.1. The molecule has 8 amide bonds. The summed E-state index contributed by atoms with van der Waals surface area (Å²) >= 11 is 3.88. The van der Waals surface area contributed by atoms with Crippen LogP contribution >= 0.6 is 12.6 Å². The van der Waals surface area contributed by atoms with E-state index in [1.54, 1.807) is 41.5 Å². The number of nitrogens with one attached hydrogen (secondary N) is 8. The van der Waals surface area contributed by atoms with E-state index in [4.69, 9.17) is 5.73 Å². The van der Waals surface area contributed by atoms with Crippen LogP contribution in [-0.4, -0.2) is 141 Å². The van der Waals surface area contributed by atoms with Gasteiger partial charge in [-0.25, -0.2) is 4.79 Å². The number of thiol groups is 1. The number of carbonyl (C=O) groups is 10. The zero-order valence-corrected chi connectivity index (χ0v) is 35.1. The highest BCUT2D eigenvalue weighted by atomic mass is 32.1. The van der Waals surface area contributed by atoms with Crippen LogP contribution in [0.15, 0.2) is 0 Å². The number of nitrogens with two attached hydrogens (primary N) is 1. The molecule has 0 fully saturated rings. The standard InChI is InChI=1S/C35H61N9O13S/c1-14(2)10-20(39-23(46)12-36)30(51)37-17(7)28(49)40-21(11-24(47)48)31(52)44-27(19(9)45)34(55)43-26(16(5)6)33(54)42-25(15(3)4)32(53)38-18(8)29(50)41-22(13-58)35(56)57/h14-22,25-27,45,58H,10-13,36H2,1-9H3,(H,37,51)(H,38,53)(H,39,46)(H,40,49)(H,41,50)(H,42,54)(H,43,55)(H,44,52)(H,47,48)(H,56,57)/t17-,18-,19+,20-,21-,22-,25-,26-,27-/m0/s1. The second kappa shape index (κ2) is 25.4. The van der Waals surface area contributed by atoms with Crippen molar-refractivity contribution in [1.29, 1.82) is 0 Å². The molecule has 0 heterocycles. The molecule has 0 aliphatic heterocycles. The summed E-state index contributed by atoms with van der Waals surface area (Å²) in [7, 11) is 0. The van der Waals surface area contributed by atoms with Crippen LogP contribution < -0.4 is 48.3 Å². The fourth-order valence-corrected chi connectivity index (χ4v) is 5.33. The molecule has 0 aromatic carbocycles. The Morgan fingerprint density at radius 2 is 0.914 bits per heavy atom. The Morgan fingerprint density at radius 3 is 1.29 bits per heavy atom. The number of aliphatic hydroxyl groups is 1. The van der Waals surface area contributed by atoms with Gasteiger partial charge in [-0.15, -0.1) is 0 Å². The summed E-state index contributed by atoms with van der Waals surface area (Å²) in [5.74, 6) is -11.5. The molecular formula is C35H61N9O13S. The summed E-state index contributed by atoms with van der Waals surface area (Å²) in [5, 5.41) is 47.9. The van der Waals surface area contributed by atoms with Gasteiger partial charge in [-0.3, -0.25) is 43.2 Å². The summed E-state index contributed by atoms with van der Waals surface area (Å²) < 4.78 is 0. The van der Waals surface area contributed by atoms with E-state index in [1.165, 1.54) is 13.8 Å². The van der Waals surface area contributed by atoms with Crippen molar-refractivity contribution in [2.75, 3.05) is 12.3 Å². The van der Waals surface area contributed by atoms with Crippen molar-refractivity contribution in [3.63, 3.8) is 0 Å². The number of hydrogen-bond acceptors (Lipinski definition) is 13. The Hall–Kier alpha value is -5.03. The predicted octanol–water partition coefficient (Wildman–Crippen LogP) is -3.91. The first-order valence-electron chi connectivity index (χ1n) is 18.6. The number of amides is 8. The summed E-state index contributed by atoms with van der Waals surface area (Å²) in [4.78, 5) is 127. The van der Waals surface area contributed by atoms with Crippen LogP contribution in [0.25, 0.3) is 0 Å². The van der Waals surface area contributed by atoms with Crippen LogP contribution in [0.5, 0.6) is 0 Å². The van der Waals surface area contributed by atoms with Crippen molar-refractivity contribution in [3.8, 4) is 0 Å². The van der Waals surface area contributed by atoms with Gasteiger partial charge in [0.05, 0.1) is 19.1 Å². The molecule has 0 aromatic heterocycles. The molecule has 0 aliphatic rings. The summed E-state index contributed by atoms with van der Waals surface area (Å²) in [6.07, 6.45) is -2.42. The second-order valence-electron chi connectivity index (χ2n) is 14.8. The van der Waals surface area contributed by atoms with E-state index in [9.17, 15) is 63.3 Å². The van der Waals surface area contributed by atoms with Gasteiger partial charge in [0, 0.05) is 5.75 Å². The molecule has 9 atom stereocenters. The van der Waals surface area contributed by atoms with Crippen LogP contribution in [0.1, 0.15) is 75.2 Å². The molecule has 0 aromatic rings. The Morgan fingerprint density at radius 1 is 0.517 bits per heavy atom. The van der Waals surface area contributed by atoms with Crippen molar-refractivity contribution >= 4 is 71.8 Å². The topological polar surface area (TPSA) is 354 Å². The zero-order chi connectivity index (χ0) is 45.2. The number of aliphatic carboxylic acids is 2. The van der Waals surface area contributed by atoms with Crippen LogP contribution in [0, 0.1) is 17.8 Å². The molecule has 0 spiro atoms. The monoisotopic (exact) mass is 847 g/mol. The second-order valence-corrected chi connectivity index (χ2v) is 15.2. The minimum absolute atomic E-state index is 0.0505. The van der Waals surface area contributed by atoms with E-state index in [0.717, 1.165) is 6.92 Å². The highest BCUT2D eigenvalue weighted by Gasteiger charge is 2.37. The molecule has 0 saturated heterocycles. The van der Waals surface area contributed by atoms with Gasteiger partial charge in [-0.2, -0.15) is 12.6 Å². The van der Waals surface area contributed by atoms with Gasteiger partial charge in [-0.05, 0) is 44.9 Å². The van der Waals surface area contributed by atoms with Gasteiger partial charge < -0.3 is 63.6 Å². The van der Waals surface area contributed by atoms with Gasteiger partial charge in [0.1, 0.15) is 48.3 Å². The zero-order valence-electron chi connectivity index (χ0n) is 34.2. The van der Waals surface area contributed by atoms with E-state index < -0.39 is 138 Å². The molecule has 22 nitrogen and oxygen atoms in total. The van der Waals surface area contributed by atoms with Crippen molar-refractivity contribution in [2.24, 2.45) is 23.5 Å². The van der Waals surface area contributed by atoms with E-state index >= 15 is 0 Å².